The lowest BCUT2D eigenvalue weighted by Gasteiger charge is -2.32. The Bertz CT molecular complexity index is 2070. The number of fused-ring (bicyclic) bond motifs is 2. The third-order valence-electron chi connectivity index (χ3n) is 8.52. The smallest absolute Gasteiger partial charge is 0.341 e. The Labute approximate surface area is 306 Å². The zero-order chi connectivity index (χ0) is 36.6. The molecule has 2 aromatic heterocycles. The molecular weight excluding hydrogens is 681 g/mol. The van der Waals surface area contributed by atoms with Gasteiger partial charge in [0.25, 0.3) is 0 Å². The van der Waals surface area contributed by atoms with E-state index in [1.165, 1.54) is 41.7 Å². The minimum absolute atomic E-state index is 0.0152. The van der Waals surface area contributed by atoms with Gasteiger partial charge in [0, 0.05) is 51.5 Å². The summed E-state index contributed by atoms with van der Waals surface area (Å²) in [6.07, 6.45) is 7.77. The largest absolute Gasteiger partial charge is 0.462 e. The van der Waals surface area contributed by atoms with Crippen LogP contribution in [0.3, 0.4) is 0 Å². The van der Waals surface area contributed by atoms with E-state index >= 15 is 0 Å². The molecule has 262 valence electrons. The van der Waals surface area contributed by atoms with Crippen molar-refractivity contribution in [3.05, 3.63) is 106 Å². The van der Waals surface area contributed by atoms with Crippen LogP contribution in [0.15, 0.2) is 71.0 Å². The molecule has 4 heterocycles. The molecule has 4 aromatic rings. The van der Waals surface area contributed by atoms with Crippen LogP contribution in [0.25, 0.3) is 0 Å². The maximum absolute atomic E-state index is 12.2. The maximum Gasteiger partial charge on any atom is 0.341 e. The molecule has 9 nitrogen and oxygen atoms in total. The van der Waals surface area contributed by atoms with Gasteiger partial charge in [0.2, 0.25) is 11.6 Å². The van der Waals surface area contributed by atoms with E-state index in [0.717, 1.165) is 33.8 Å². The first-order chi connectivity index (χ1) is 24.4. The molecule has 11 heteroatoms. The Morgan fingerprint density at radius 3 is 1.75 bits per heavy atom. The number of ether oxygens (including phenoxy) is 2. The number of rotatable bonds is 4. The van der Waals surface area contributed by atoms with Crippen LogP contribution in [0.4, 0.5) is 0 Å². The van der Waals surface area contributed by atoms with Crippen LogP contribution < -0.4 is 0 Å². The third-order valence-corrected chi connectivity index (χ3v) is 11.0. The van der Waals surface area contributed by atoms with Gasteiger partial charge >= 0.3 is 11.9 Å². The SMILES string of the molecule is CCOC(=O)c1cnc(C#Cc2ccc3c(c2)C(C)(C)CCS3)nc1.CCOC(=O)c1cnc(C#Cc2ccc3c(c2)C(C)(C)CCS3=O)nc1. The van der Waals surface area contributed by atoms with Gasteiger partial charge < -0.3 is 9.47 Å². The van der Waals surface area contributed by atoms with Crippen LogP contribution in [0.5, 0.6) is 0 Å². The van der Waals surface area contributed by atoms with Crippen LogP contribution in [0.2, 0.25) is 0 Å². The molecule has 0 spiro atoms. The van der Waals surface area contributed by atoms with Crippen molar-refractivity contribution in [2.24, 2.45) is 0 Å². The van der Waals surface area contributed by atoms with Crippen molar-refractivity contribution in [3.63, 3.8) is 0 Å². The molecule has 1 atom stereocenters. The summed E-state index contributed by atoms with van der Waals surface area (Å²) in [5.41, 5.74) is 5.02. The van der Waals surface area contributed by atoms with Gasteiger partial charge in [0.1, 0.15) is 0 Å². The van der Waals surface area contributed by atoms with E-state index in [0.29, 0.717) is 41.7 Å². The van der Waals surface area contributed by atoms with E-state index in [2.05, 4.69) is 83.4 Å². The van der Waals surface area contributed by atoms with Crippen molar-refractivity contribution in [1.29, 1.82) is 0 Å². The van der Waals surface area contributed by atoms with Gasteiger partial charge in [-0.2, -0.15) is 0 Å². The van der Waals surface area contributed by atoms with Gasteiger partial charge in [-0.25, -0.2) is 29.5 Å². The number of hydrogen-bond acceptors (Lipinski definition) is 10. The van der Waals surface area contributed by atoms with Crippen LogP contribution in [-0.2, 0) is 31.1 Å². The molecule has 1 unspecified atom stereocenters. The summed E-state index contributed by atoms with van der Waals surface area (Å²) in [7, 11) is -0.936. The number of hydrogen-bond donors (Lipinski definition) is 0. The number of aromatic nitrogens is 4. The van der Waals surface area contributed by atoms with Gasteiger partial charge in [-0.05, 0) is 103 Å². The molecule has 2 aliphatic rings. The highest BCUT2D eigenvalue weighted by Crippen LogP contribution is 2.41. The summed E-state index contributed by atoms with van der Waals surface area (Å²) in [6.45, 7) is 13.0. The highest BCUT2D eigenvalue weighted by Gasteiger charge is 2.31. The maximum atomic E-state index is 12.2. The summed E-state index contributed by atoms with van der Waals surface area (Å²) in [5.74, 6) is 13.7. The van der Waals surface area contributed by atoms with Crippen molar-refractivity contribution >= 4 is 34.5 Å². The highest BCUT2D eigenvalue weighted by molar-refractivity contribution is 7.99. The fraction of sp³-hybridized carbons (Fsp3) is 0.350. The lowest BCUT2D eigenvalue weighted by molar-refractivity contribution is 0.0515. The number of esters is 2. The lowest BCUT2D eigenvalue weighted by Crippen LogP contribution is -2.27. The average molecular weight is 721 g/mol. The fourth-order valence-corrected chi connectivity index (χ4v) is 8.63. The molecular formula is C40H40N4O5S2. The molecule has 0 saturated heterocycles. The van der Waals surface area contributed by atoms with E-state index < -0.39 is 22.7 Å². The second kappa shape index (κ2) is 16.5. The minimum Gasteiger partial charge on any atom is -0.462 e. The van der Waals surface area contributed by atoms with E-state index in [4.69, 9.17) is 9.47 Å². The Morgan fingerprint density at radius 1 is 0.725 bits per heavy atom. The summed E-state index contributed by atoms with van der Waals surface area (Å²) in [5, 5.41) is 0. The molecule has 0 fully saturated rings. The standard InChI is InChI=1S/C20H20N2O3S.C20H20N2O2S/c1-4-25-19(23)15-12-21-18(22-13-15)8-6-14-5-7-17-16(11-14)20(2,3)9-10-26(17)24;1-4-24-19(23)15-12-21-18(22-13-15)8-6-14-5-7-17-16(11-14)20(2,3)9-10-25-17/h5,7,11-13H,4,9-10H2,1-3H3;5,7,11-13H,4,9-10H2,1-3H3. The van der Waals surface area contributed by atoms with Gasteiger partial charge in [-0.1, -0.05) is 39.5 Å². The molecule has 51 heavy (non-hydrogen) atoms. The van der Waals surface area contributed by atoms with E-state index in [1.807, 2.05) is 36.0 Å². The predicted octanol–water partition coefficient (Wildman–Crippen LogP) is 6.67. The second-order valence-electron chi connectivity index (χ2n) is 13.1. The van der Waals surface area contributed by atoms with Gasteiger partial charge in [0.05, 0.1) is 35.1 Å². The Morgan fingerprint density at radius 2 is 1.22 bits per heavy atom. The van der Waals surface area contributed by atoms with E-state index in [9.17, 15) is 13.8 Å². The molecule has 0 N–H and O–H groups in total. The fourth-order valence-electron chi connectivity index (χ4n) is 5.42. The highest BCUT2D eigenvalue weighted by atomic mass is 32.2. The summed E-state index contributed by atoms with van der Waals surface area (Å²) < 4.78 is 22.0. The van der Waals surface area contributed by atoms with Gasteiger partial charge in [-0.15, -0.1) is 11.8 Å². The second-order valence-corrected chi connectivity index (χ2v) is 15.8. The first-order valence-corrected chi connectivity index (χ1v) is 19.0. The van der Waals surface area contributed by atoms with Gasteiger partial charge in [0.15, 0.2) is 0 Å². The first kappa shape index (κ1) is 37.4. The van der Waals surface area contributed by atoms with Crippen molar-refractivity contribution in [3.8, 4) is 23.7 Å². The third kappa shape index (κ3) is 9.49. The van der Waals surface area contributed by atoms with Crippen molar-refractivity contribution in [1.82, 2.24) is 19.9 Å². The zero-order valence-electron chi connectivity index (χ0n) is 29.7. The summed E-state index contributed by atoms with van der Waals surface area (Å²) in [6, 6.07) is 12.1. The van der Waals surface area contributed by atoms with Crippen LogP contribution >= 0.6 is 11.8 Å². The predicted molar refractivity (Wildman–Crippen MR) is 198 cm³/mol. The lowest BCUT2D eigenvalue weighted by atomic mass is 9.81. The Balaban J connectivity index is 0.000000198. The molecule has 0 aliphatic carbocycles. The molecule has 0 bridgehead atoms. The molecule has 2 aromatic carbocycles. The monoisotopic (exact) mass is 720 g/mol. The molecule has 6 rings (SSSR count). The summed E-state index contributed by atoms with van der Waals surface area (Å²) >= 11 is 1.91. The number of thioether (sulfide) groups is 1. The number of carbonyl (C=O) groups is 2. The normalized spacial score (nSPS) is 16.2. The van der Waals surface area contributed by atoms with E-state index in [-0.39, 0.29) is 10.8 Å². The van der Waals surface area contributed by atoms with Crippen molar-refractivity contribution in [2.75, 3.05) is 24.7 Å². The number of benzene rings is 2. The average Bonchev–Trinajstić information content (AvgIpc) is 3.12. The van der Waals surface area contributed by atoms with Crippen molar-refractivity contribution in [2.45, 2.75) is 75.0 Å². The molecule has 0 amide bonds. The van der Waals surface area contributed by atoms with Crippen molar-refractivity contribution < 1.29 is 23.3 Å². The van der Waals surface area contributed by atoms with Crippen LogP contribution in [-0.4, -0.2) is 60.8 Å². The molecule has 0 radical (unpaired) electrons. The van der Waals surface area contributed by atoms with Crippen LogP contribution in [0, 0.1) is 23.7 Å². The molecule has 2 aliphatic heterocycles. The Hall–Kier alpha value is -4.84. The minimum atomic E-state index is -0.936. The summed E-state index contributed by atoms with van der Waals surface area (Å²) in [4.78, 5) is 41.9. The quantitative estimate of drug-likeness (QED) is 0.167. The van der Waals surface area contributed by atoms with E-state index in [1.54, 1.807) is 13.8 Å². The Kier molecular flexibility index (Phi) is 12.1. The van der Waals surface area contributed by atoms with Gasteiger partial charge in [-0.3, -0.25) is 4.21 Å². The molecule has 0 saturated carbocycles. The topological polar surface area (TPSA) is 121 Å². The first-order valence-electron chi connectivity index (χ1n) is 16.7. The number of carbonyl (C=O) groups excluding carboxylic acids is 2. The van der Waals surface area contributed by atoms with Crippen LogP contribution in [0.1, 0.15) is 109 Å². The number of nitrogens with zero attached hydrogens (tertiary/aromatic N) is 4. The zero-order valence-corrected chi connectivity index (χ0v) is 31.3.